The summed E-state index contributed by atoms with van der Waals surface area (Å²) >= 11 is 0. The zero-order chi connectivity index (χ0) is 12.2. The van der Waals surface area contributed by atoms with Crippen molar-refractivity contribution >= 4 is 0 Å². The Balaban J connectivity index is 1.68. The highest BCUT2D eigenvalue weighted by molar-refractivity contribution is 5.47. The molecule has 1 unspecified atom stereocenters. The molecule has 3 nitrogen and oxygen atoms in total. The molecule has 2 fully saturated rings. The van der Waals surface area contributed by atoms with Crippen LogP contribution in [0, 0.1) is 0 Å². The fourth-order valence-electron chi connectivity index (χ4n) is 3.38. The summed E-state index contributed by atoms with van der Waals surface area (Å²) in [5, 5.41) is 11.0. The van der Waals surface area contributed by atoms with Crippen molar-refractivity contribution in [2.45, 2.75) is 37.3 Å². The molecule has 1 N–H and O–H groups in total. The second-order valence-corrected chi connectivity index (χ2v) is 5.88. The van der Waals surface area contributed by atoms with Gasteiger partial charge in [0, 0.05) is 31.1 Å². The molecule has 1 aromatic carbocycles. The van der Waals surface area contributed by atoms with Crippen LogP contribution in [0.5, 0.6) is 5.75 Å². The summed E-state index contributed by atoms with van der Waals surface area (Å²) in [5.41, 5.74) is 1.57. The van der Waals surface area contributed by atoms with Crippen LogP contribution < -0.4 is 4.74 Å². The summed E-state index contributed by atoms with van der Waals surface area (Å²) in [4.78, 5) is 2.44. The van der Waals surface area contributed by atoms with Gasteiger partial charge in [-0.25, -0.2) is 0 Å². The normalized spacial score (nSPS) is 31.4. The van der Waals surface area contributed by atoms with Crippen LogP contribution in [0.1, 0.15) is 30.4 Å². The van der Waals surface area contributed by atoms with E-state index in [1.807, 2.05) is 6.07 Å². The number of hydrogen-bond donors (Lipinski definition) is 1. The van der Waals surface area contributed by atoms with Crippen LogP contribution >= 0.6 is 0 Å². The highest BCUT2D eigenvalue weighted by Crippen LogP contribution is 2.43. The Bertz CT molecular complexity index is 483. The van der Waals surface area contributed by atoms with Crippen molar-refractivity contribution in [1.29, 1.82) is 0 Å². The van der Waals surface area contributed by atoms with E-state index in [0.29, 0.717) is 0 Å². The van der Waals surface area contributed by atoms with Gasteiger partial charge in [-0.1, -0.05) is 18.2 Å². The number of hydrogen-bond acceptors (Lipinski definition) is 3. The van der Waals surface area contributed by atoms with Crippen molar-refractivity contribution in [1.82, 2.24) is 4.90 Å². The van der Waals surface area contributed by atoms with Gasteiger partial charge >= 0.3 is 0 Å². The minimum Gasteiger partial charge on any atom is -0.493 e. The van der Waals surface area contributed by atoms with E-state index >= 15 is 0 Å². The zero-order valence-electron chi connectivity index (χ0n) is 10.6. The first-order valence-corrected chi connectivity index (χ1v) is 6.98. The number of nitrogens with zero attached hydrogens (tertiary/aromatic N) is 1. The number of aliphatic hydroxyl groups is 1. The maximum atomic E-state index is 11.0. The minimum atomic E-state index is -0.696. The van der Waals surface area contributed by atoms with Gasteiger partial charge in [0.05, 0.1) is 6.61 Å². The molecule has 3 aliphatic rings. The molecule has 0 amide bonds. The van der Waals surface area contributed by atoms with Crippen LogP contribution in [0.15, 0.2) is 18.2 Å². The Kier molecular flexibility index (Phi) is 2.24. The van der Waals surface area contributed by atoms with Crippen LogP contribution in [0.3, 0.4) is 0 Å². The summed E-state index contributed by atoms with van der Waals surface area (Å²) in [6.45, 7) is 2.55. The second kappa shape index (κ2) is 3.72. The topological polar surface area (TPSA) is 32.7 Å². The van der Waals surface area contributed by atoms with Crippen molar-refractivity contribution in [2.75, 3.05) is 19.7 Å². The number of para-hydroxylation sites is 1. The molecule has 1 saturated heterocycles. The van der Waals surface area contributed by atoms with E-state index in [1.54, 1.807) is 0 Å². The number of likely N-dealkylation sites (tertiary alicyclic amines) is 1. The molecule has 0 aromatic heterocycles. The highest BCUT2D eigenvalue weighted by Gasteiger charge is 2.44. The molecule has 96 valence electrons. The van der Waals surface area contributed by atoms with Crippen LogP contribution in [-0.4, -0.2) is 35.7 Å². The van der Waals surface area contributed by atoms with Gasteiger partial charge in [0.2, 0.25) is 0 Å². The molecule has 0 radical (unpaired) electrons. The van der Waals surface area contributed by atoms with E-state index in [-0.39, 0.29) is 0 Å². The van der Waals surface area contributed by atoms with Crippen LogP contribution in [-0.2, 0) is 12.0 Å². The Morgan fingerprint density at radius 2 is 2.22 bits per heavy atom. The first-order chi connectivity index (χ1) is 8.76. The SMILES string of the molecule is OC1(c2cccc3c2OCC3)CCN(C2CC2)C1. The average molecular weight is 245 g/mol. The molecule has 0 spiro atoms. The fourth-order valence-corrected chi connectivity index (χ4v) is 3.38. The lowest BCUT2D eigenvalue weighted by Gasteiger charge is -2.25. The summed E-state index contributed by atoms with van der Waals surface area (Å²) in [7, 11) is 0. The van der Waals surface area contributed by atoms with E-state index < -0.39 is 5.60 Å². The van der Waals surface area contributed by atoms with Crippen LogP contribution in [0.25, 0.3) is 0 Å². The zero-order valence-corrected chi connectivity index (χ0v) is 10.6. The number of fused-ring (bicyclic) bond motifs is 1. The predicted molar refractivity (Wildman–Crippen MR) is 68.7 cm³/mol. The first kappa shape index (κ1) is 10.8. The Labute approximate surface area is 107 Å². The summed E-state index contributed by atoms with van der Waals surface area (Å²) in [6.07, 6.45) is 4.42. The van der Waals surface area contributed by atoms with Crippen LogP contribution in [0.4, 0.5) is 0 Å². The fraction of sp³-hybridized carbons (Fsp3) is 0.600. The molecule has 2 aliphatic heterocycles. The van der Waals surface area contributed by atoms with E-state index in [4.69, 9.17) is 4.74 Å². The molecule has 1 atom stereocenters. The number of β-amino-alcohol motifs (C(OH)–C–C–N with tert-alkyl or cyclic N) is 1. The lowest BCUT2D eigenvalue weighted by atomic mass is 9.90. The predicted octanol–water partition coefficient (Wildman–Crippen LogP) is 1.68. The Hall–Kier alpha value is -1.06. The molecule has 0 bridgehead atoms. The highest BCUT2D eigenvalue weighted by atomic mass is 16.5. The number of benzene rings is 1. The molecule has 2 heterocycles. The van der Waals surface area contributed by atoms with Gasteiger partial charge in [-0.3, -0.25) is 4.90 Å². The standard InChI is InChI=1S/C15H19NO2/c17-15(7-8-16(10-15)12-4-5-12)13-3-1-2-11-6-9-18-14(11)13/h1-3,12,17H,4-10H2. The summed E-state index contributed by atoms with van der Waals surface area (Å²) in [5.74, 6) is 0.956. The summed E-state index contributed by atoms with van der Waals surface area (Å²) in [6, 6.07) is 6.95. The monoisotopic (exact) mass is 245 g/mol. The van der Waals surface area contributed by atoms with E-state index in [9.17, 15) is 5.11 Å². The first-order valence-electron chi connectivity index (χ1n) is 6.98. The third-order valence-corrected chi connectivity index (χ3v) is 4.56. The van der Waals surface area contributed by atoms with E-state index in [2.05, 4.69) is 17.0 Å². The smallest absolute Gasteiger partial charge is 0.128 e. The van der Waals surface area contributed by atoms with Gasteiger partial charge in [-0.15, -0.1) is 0 Å². The maximum absolute atomic E-state index is 11.0. The Morgan fingerprint density at radius 1 is 1.33 bits per heavy atom. The van der Waals surface area contributed by atoms with E-state index in [1.165, 1.54) is 18.4 Å². The van der Waals surface area contributed by atoms with Crippen molar-refractivity contribution in [3.8, 4) is 5.75 Å². The number of rotatable bonds is 2. The van der Waals surface area contributed by atoms with Crippen molar-refractivity contribution in [3.05, 3.63) is 29.3 Å². The Morgan fingerprint density at radius 3 is 3.06 bits per heavy atom. The molecule has 3 heteroatoms. The summed E-state index contributed by atoms with van der Waals surface area (Å²) < 4.78 is 5.74. The van der Waals surface area contributed by atoms with Crippen molar-refractivity contribution in [2.24, 2.45) is 0 Å². The molecule has 4 rings (SSSR count). The lowest BCUT2D eigenvalue weighted by molar-refractivity contribution is 0.0427. The van der Waals surface area contributed by atoms with Gasteiger partial charge < -0.3 is 9.84 Å². The van der Waals surface area contributed by atoms with Gasteiger partial charge in [0.1, 0.15) is 11.4 Å². The van der Waals surface area contributed by atoms with E-state index in [0.717, 1.165) is 49.9 Å². The third-order valence-electron chi connectivity index (χ3n) is 4.56. The number of ether oxygens (including phenoxy) is 1. The molecular weight excluding hydrogens is 226 g/mol. The lowest BCUT2D eigenvalue weighted by Crippen LogP contribution is -2.32. The molecule has 1 aromatic rings. The van der Waals surface area contributed by atoms with Crippen molar-refractivity contribution in [3.63, 3.8) is 0 Å². The second-order valence-electron chi connectivity index (χ2n) is 5.88. The van der Waals surface area contributed by atoms with Crippen LogP contribution in [0.2, 0.25) is 0 Å². The van der Waals surface area contributed by atoms with Crippen molar-refractivity contribution < 1.29 is 9.84 Å². The molecule has 18 heavy (non-hydrogen) atoms. The minimum absolute atomic E-state index is 0.696. The average Bonchev–Trinajstić information content (AvgIpc) is 2.98. The molecule has 1 saturated carbocycles. The molecular formula is C15H19NO2. The van der Waals surface area contributed by atoms with Gasteiger partial charge in [-0.2, -0.15) is 0 Å². The van der Waals surface area contributed by atoms with Gasteiger partial charge in [-0.05, 0) is 24.8 Å². The molecule has 1 aliphatic carbocycles. The third kappa shape index (κ3) is 1.57. The largest absolute Gasteiger partial charge is 0.493 e. The quantitative estimate of drug-likeness (QED) is 0.860. The van der Waals surface area contributed by atoms with Gasteiger partial charge in [0.25, 0.3) is 0 Å². The van der Waals surface area contributed by atoms with Gasteiger partial charge in [0.15, 0.2) is 0 Å². The maximum Gasteiger partial charge on any atom is 0.128 e.